The Morgan fingerprint density at radius 3 is 2.86 bits per heavy atom. The average Bonchev–Trinajstić information content (AvgIpc) is 2.86. The predicted molar refractivity (Wildman–Crippen MR) is 81.1 cm³/mol. The van der Waals surface area contributed by atoms with E-state index >= 15 is 0 Å². The van der Waals surface area contributed by atoms with E-state index < -0.39 is 9.84 Å². The van der Waals surface area contributed by atoms with E-state index in [0.29, 0.717) is 16.9 Å². The summed E-state index contributed by atoms with van der Waals surface area (Å²) in [4.78, 5) is 0. The van der Waals surface area contributed by atoms with E-state index in [2.05, 4.69) is 11.2 Å². The molecule has 2 aromatic rings. The number of benzene rings is 1. The standard InChI is InChI=1S/C14H16N4O2S/c1-2-21(19,20)7-6-18-10-13(16)14(17-18)12-5-3-4-11(8-12)9-15/h3-5,8,10H,2,6-7,16H2,1H3. The van der Waals surface area contributed by atoms with E-state index in [4.69, 9.17) is 11.0 Å². The van der Waals surface area contributed by atoms with Crippen LogP contribution in [-0.2, 0) is 16.4 Å². The Balaban J connectivity index is 2.25. The fourth-order valence-electron chi connectivity index (χ4n) is 1.89. The van der Waals surface area contributed by atoms with Crippen molar-refractivity contribution in [2.45, 2.75) is 13.5 Å². The molecule has 2 rings (SSSR count). The van der Waals surface area contributed by atoms with Crippen molar-refractivity contribution in [3.8, 4) is 17.3 Å². The van der Waals surface area contributed by atoms with Crippen LogP contribution in [0.4, 0.5) is 5.69 Å². The average molecular weight is 304 g/mol. The number of nitrogens with zero attached hydrogens (tertiary/aromatic N) is 3. The fraction of sp³-hybridized carbons (Fsp3) is 0.286. The summed E-state index contributed by atoms with van der Waals surface area (Å²) < 4.78 is 24.5. The van der Waals surface area contributed by atoms with E-state index in [1.54, 1.807) is 31.3 Å². The van der Waals surface area contributed by atoms with Gasteiger partial charge in [-0.25, -0.2) is 8.42 Å². The molecule has 0 spiro atoms. The molecule has 0 radical (unpaired) electrons. The van der Waals surface area contributed by atoms with E-state index in [0.717, 1.165) is 5.56 Å². The molecule has 0 aliphatic rings. The van der Waals surface area contributed by atoms with Gasteiger partial charge in [-0.15, -0.1) is 0 Å². The second-order valence-electron chi connectivity index (χ2n) is 4.63. The van der Waals surface area contributed by atoms with Gasteiger partial charge in [-0.05, 0) is 12.1 Å². The second-order valence-corrected chi connectivity index (χ2v) is 7.10. The van der Waals surface area contributed by atoms with Gasteiger partial charge in [0, 0.05) is 17.5 Å². The molecule has 0 unspecified atom stereocenters. The van der Waals surface area contributed by atoms with Crippen LogP contribution in [0.25, 0.3) is 11.3 Å². The maximum absolute atomic E-state index is 11.5. The number of anilines is 1. The van der Waals surface area contributed by atoms with Crippen molar-refractivity contribution in [2.24, 2.45) is 0 Å². The van der Waals surface area contributed by atoms with Crippen molar-refractivity contribution in [3.05, 3.63) is 36.0 Å². The van der Waals surface area contributed by atoms with Crippen LogP contribution in [-0.4, -0.2) is 29.7 Å². The molecule has 0 aliphatic carbocycles. The van der Waals surface area contributed by atoms with Crippen LogP contribution in [0.1, 0.15) is 12.5 Å². The smallest absolute Gasteiger partial charge is 0.151 e. The van der Waals surface area contributed by atoms with Crippen LogP contribution >= 0.6 is 0 Å². The van der Waals surface area contributed by atoms with Crippen LogP contribution in [0.15, 0.2) is 30.5 Å². The summed E-state index contributed by atoms with van der Waals surface area (Å²) in [6, 6.07) is 9.03. The summed E-state index contributed by atoms with van der Waals surface area (Å²) in [5.74, 6) is 0.142. The molecule has 0 saturated heterocycles. The van der Waals surface area contributed by atoms with Gasteiger partial charge >= 0.3 is 0 Å². The minimum atomic E-state index is -3.04. The first-order chi connectivity index (χ1) is 9.95. The molecule has 1 heterocycles. The topological polar surface area (TPSA) is 102 Å². The van der Waals surface area contributed by atoms with Gasteiger partial charge in [-0.2, -0.15) is 10.4 Å². The Hall–Kier alpha value is -2.33. The summed E-state index contributed by atoms with van der Waals surface area (Å²) in [6.45, 7) is 1.88. The van der Waals surface area contributed by atoms with Gasteiger partial charge in [-0.3, -0.25) is 4.68 Å². The highest BCUT2D eigenvalue weighted by atomic mass is 32.2. The molecular weight excluding hydrogens is 288 g/mol. The second kappa shape index (κ2) is 5.97. The lowest BCUT2D eigenvalue weighted by Gasteiger charge is -2.02. The highest BCUT2D eigenvalue weighted by Gasteiger charge is 2.12. The predicted octanol–water partition coefficient (Wildman–Crippen LogP) is 1.44. The molecule has 21 heavy (non-hydrogen) atoms. The maximum atomic E-state index is 11.5. The summed E-state index contributed by atoms with van der Waals surface area (Å²) in [5.41, 5.74) is 8.20. The molecule has 2 N–H and O–H groups in total. The quantitative estimate of drug-likeness (QED) is 0.900. The van der Waals surface area contributed by atoms with E-state index in [9.17, 15) is 8.42 Å². The molecule has 7 heteroatoms. The number of nitrogens with two attached hydrogens (primary N) is 1. The molecule has 0 atom stereocenters. The van der Waals surface area contributed by atoms with Crippen LogP contribution in [0.3, 0.4) is 0 Å². The summed E-state index contributed by atoms with van der Waals surface area (Å²) in [5, 5.41) is 13.2. The monoisotopic (exact) mass is 304 g/mol. The Labute approximate surface area is 123 Å². The van der Waals surface area contributed by atoms with Gasteiger partial charge in [0.15, 0.2) is 9.84 Å². The number of nitriles is 1. The molecule has 0 amide bonds. The highest BCUT2D eigenvalue weighted by Crippen LogP contribution is 2.24. The highest BCUT2D eigenvalue weighted by molar-refractivity contribution is 7.91. The van der Waals surface area contributed by atoms with Crippen molar-refractivity contribution in [1.29, 1.82) is 5.26 Å². The summed E-state index contributed by atoms with van der Waals surface area (Å²) in [6.07, 6.45) is 1.61. The number of rotatable bonds is 5. The number of aryl methyl sites for hydroxylation is 1. The molecule has 0 bridgehead atoms. The largest absolute Gasteiger partial charge is 0.396 e. The Kier molecular flexibility index (Phi) is 4.29. The van der Waals surface area contributed by atoms with Crippen LogP contribution in [0, 0.1) is 11.3 Å². The summed E-state index contributed by atoms with van der Waals surface area (Å²) in [7, 11) is -3.04. The third-order valence-electron chi connectivity index (χ3n) is 3.13. The number of aromatic nitrogens is 2. The molecule has 1 aromatic heterocycles. The molecule has 0 saturated carbocycles. The zero-order valence-corrected chi connectivity index (χ0v) is 12.5. The molecule has 0 aliphatic heterocycles. The molecule has 110 valence electrons. The van der Waals surface area contributed by atoms with Crippen molar-refractivity contribution in [3.63, 3.8) is 0 Å². The minimum absolute atomic E-state index is 0.0301. The first kappa shape index (κ1) is 15.1. The molecule has 1 aromatic carbocycles. The maximum Gasteiger partial charge on any atom is 0.151 e. The Morgan fingerprint density at radius 1 is 1.43 bits per heavy atom. The SMILES string of the molecule is CCS(=O)(=O)CCn1cc(N)c(-c2cccc(C#N)c2)n1. The van der Waals surface area contributed by atoms with Crippen molar-refractivity contribution >= 4 is 15.5 Å². The Bertz CT molecular complexity index is 788. The zero-order valence-electron chi connectivity index (χ0n) is 11.7. The lowest BCUT2D eigenvalue weighted by molar-refractivity contribution is 0.582. The first-order valence-corrected chi connectivity index (χ1v) is 8.31. The van der Waals surface area contributed by atoms with E-state index in [-0.39, 0.29) is 18.1 Å². The minimum Gasteiger partial charge on any atom is -0.396 e. The molecular formula is C14H16N4O2S. The van der Waals surface area contributed by atoms with Gasteiger partial charge in [-0.1, -0.05) is 19.1 Å². The third-order valence-corrected chi connectivity index (χ3v) is 4.81. The van der Waals surface area contributed by atoms with Gasteiger partial charge < -0.3 is 5.73 Å². The number of nitrogen functional groups attached to an aromatic ring is 1. The number of hydrogen-bond donors (Lipinski definition) is 1. The van der Waals surface area contributed by atoms with Crippen LogP contribution < -0.4 is 5.73 Å². The van der Waals surface area contributed by atoms with Crippen LogP contribution in [0.2, 0.25) is 0 Å². The summed E-state index contributed by atoms with van der Waals surface area (Å²) >= 11 is 0. The van der Waals surface area contributed by atoms with Gasteiger partial charge in [0.2, 0.25) is 0 Å². The van der Waals surface area contributed by atoms with Crippen molar-refractivity contribution < 1.29 is 8.42 Å². The van der Waals surface area contributed by atoms with Gasteiger partial charge in [0.1, 0.15) is 5.69 Å². The van der Waals surface area contributed by atoms with Gasteiger partial charge in [0.25, 0.3) is 0 Å². The lowest BCUT2D eigenvalue weighted by Crippen LogP contribution is -2.14. The molecule has 6 nitrogen and oxygen atoms in total. The number of sulfone groups is 1. The first-order valence-electron chi connectivity index (χ1n) is 6.49. The van der Waals surface area contributed by atoms with Crippen LogP contribution in [0.5, 0.6) is 0 Å². The normalized spacial score (nSPS) is 11.2. The van der Waals surface area contributed by atoms with Gasteiger partial charge in [0.05, 0.1) is 29.6 Å². The zero-order chi connectivity index (χ0) is 15.5. The third kappa shape index (κ3) is 3.61. The lowest BCUT2D eigenvalue weighted by atomic mass is 10.1. The Morgan fingerprint density at radius 2 is 2.19 bits per heavy atom. The van der Waals surface area contributed by atoms with Crippen molar-refractivity contribution in [2.75, 3.05) is 17.2 Å². The van der Waals surface area contributed by atoms with E-state index in [1.807, 2.05) is 6.07 Å². The van der Waals surface area contributed by atoms with Crippen molar-refractivity contribution in [1.82, 2.24) is 9.78 Å². The van der Waals surface area contributed by atoms with E-state index in [1.165, 1.54) is 4.68 Å². The fourth-order valence-corrected chi connectivity index (χ4v) is 2.64. The molecule has 0 fully saturated rings. The number of hydrogen-bond acceptors (Lipinski definition) is 5.